The molecule has 8 nitrogen and oxygen atoms in total. The topological polar surface area (TPSA) is 126 Å². The molecule has 0 unspecified atom stereocenters. The Morgan fingerprint density at radius 1 is 1.29 bits per heavy atom. The first kappa shape index (κ1) is 16.9. The molecular weight excluding hydrogens is 348 g/mol. The molecule has 21 heavy (non-hydrogen) atoms. The van der Waals surface area contributed by atoms with E-state index < -0.39 is 29.4 Å². The minimum absolute atomic E-state index is 0.232. The molecule has 9 heteroatoms. The molecule has 0 aliphatic carbocycles. The molecule has 1 aromatic heterocycles. The second-order valence-corrected chi connectivity index (χ2v) is 5.12. The number of amides is 1. The third-order valence-corrected chi connectivity index (χ3v) is 3.01. The van der Waals surface area contributed by atoms with Crippen molar-refractivity contribution in [1.82, 2.24) is 9.88 Å². The van der Waals surface area contributed by atoms with Crippen LogP contribution in [0.15, 0.2) is 27.6 Å². The highest BCUT2D eigenvalue weighted by atomic mass is 79.9. The molecule has 1 aromatic rings. The van der Waals surface area contributed by atoms with Crippen molar-refractivity contribution in [3.05, 3.63) is 33.2 Å². The third kappa shape index (κ3) is 5.78. The molecule has 0 aliphatic rings. The van der Waals surface area contributed by atoms with Crippen LogP contribution < -0.4 is 10.9 Å². The largest absolute Gasteiger partial charge is 0.481 e. The number of halogens is 1. The third-order valence-electron chi connectivity index (χ3n) is 2.54. The van der Waals surface area contributed by atoms with E-state index in [0.29, 0.717) is 4.47 Å². The summed E-state index contributed by atoms with van der Waals surface area (Å²) in [5.41, 5.74) is -0.411. The summed E-state index contributed by atoms with van der Waals surface area (Å²) in [5, 5.41) is 19.6. The van der Waals surface area contributed by atoms with Crippen LogP contribution >= 0.6 is 15.9 Å². The predicted octanol–water partition coefficient (Wildman–Crippen LogP) is 0.0450. The van der Waals surface area contributed by atoms with Crippen LogP contribution in [0.2, 0.25) is 0 Å². The Balaban J connectivity index is 2.69. The standard InChI is InChI=1S/C12H13BrN2O6/c13-7-1-3-10(17)15(5-7)6-9(16)14-8(12(20)21)2-4-11(18)19/h1,3,5,8H,2,4,6H2,(H,14,16)(H,18,19)(H,20,21)/t8-/m0/s1. The minimum Gasteiger partial charge on any atom is -0.481 e. The van der Waals surface area contributed by atoms with Gasteiger partial charge in [0.2, 0.25) is 5.91 Å². The molecule has 0 fully saturated rings. The molecule has 1 heterocycles. The van der Waals surface area contributed by atoms with E-state index in [-0.39, 0.29) is 19.4 Å². The molecule has 1 amide bonds. The van der Waals surface area contributed by atoms with Crippen LogP contribution in [-0.4, -0.2) is 38.7 Å². The SMILES string of the molecule is O=C(O)CC[C@H](NC(=O)Cn1cc(Br)ccc1=O)C(=O)O. The van der Waals surface area contributed by atoms with Gasteiger partial charge >= 0.3 is 11.9 Å². The summed E-state index contributed by atoms with van der Waals surface area (Å²) in [6.45, 7) is -0.352. The lowest BCUT2D eigenvalue weighted by atomic mass is 10.1. The highest BCUT2D eigenvalue weighted by Gasteiger charge is 2.21. The summed E-state index contributed by atoms with van der Waals surface area (Å²) in [4.78, 5) is 44.6. The van der Waals surface area contributed by atoms with E-state index in [1.165, 1.54) is 18.3 Å². The number of hydrogen-bond donors (Lipinski definition) is 3. The lowest BCUT2D eigenvalue weighted by Gasteiger charge is -2.14. The van der Waals surface area contributed by atoms with Gasteiger partial charge in [-0.05, 0) is 28.4 Å². The van der Waals surface area contributed by atoms with Gasteiger partial charge in [0.15, 0.2) is 0 Å². The average Bonchev–Trinajstić information content (AvgIpc) is 2.38. The molecule has 1 atom stereocenters. The van der Waals surface area contributed by atoms with Gasteiger partial charge in [-0.2, -0.15) is 0 Å². The van der Waals surface area contributed by atoms with E-state index in [4.69, 9.17) is 10.2 Å². The van der Waals surface area contributed by atoms with Crippen molar-refractivity contribution in [2.45, 2.75) is 25.4 Å². The van der Waals surface area contributed by atoms with E-state index in [1.54, 1.807) is 0 Å². The Morgan fingerprint density at radius 3 is 2.52 bits per heavy atom. The number of nitrogens with zero attached hydrogens (tertiary/aromatic N) is 1. The van der Waals surface area contributed by atoms with Gasteiger partial charge in [0.05, 0.1) is 0 Å². The summed E-state index contributed by atoms with van der Waals surface area (Å²) < 4.78 is 1.70. The van der Waals surface area contributed by atoms with Crippen molar-refractivity contribution in [1.29, 1.82) is 0 Å². The number of pyridine rings is 1. The number of aliphatic carboxylic acids is 2. The molecule has 114 valence electrons. The molecule has 0 saturated heterocycles. The van der Waals surface area contributed by atoms with Crippen molar-refractivity contribution in [2.75, 3.05) is 0 Å². The Hall–Kier alpha value is -2.16. The monoisotopic (exact) mass is 360 g/mol. The number of carbonyl (C=O) groups excluding carboxylic acids is 1. The molecule has 0 spiro atoms. The van der Waals surface area contributed by atoms with Crippen LogP contribution in [0, 0.1) is 0 Å². The van der Waals surface area contributed by atoms with Crippen molar-refractivity contribution in [3.63, 3.8) is 0 Å². The lowest BCUT2D eigenvalue weighted by molar-refractivity contribution is -0.143. The van der Waals surface area contributed by atoms with Crippen LogP contribution in [0.4, 0.5) is 0 Å². The van der Waals surface area contributed by atoms with E-state index in [0.717, 1.165) is 4.57 Å². The van der Waals surface area contributed by atoms with Gasteiger partial charge in [-0.25, -0.2) is 4.79 Å². The Morgan fingerprint density at radius 2 is 1.95 bits per heavy atom. The number of aromatic nitrogens is 1. The maximum absolute atomic E-state index is 11.7. The first-order valence-corrected chi connectivity index (χ1v) is 6.69. The van der Waals surface area contributed by atoms with Crippen LogP contribution in [0.1, 0.15) is 12.8 Å². The summed E-state index contributed by atoms with van der Waals surface area (Å²) in [7, 11) is 0. The maximum atomic E-state index is 11.7. The fraction of sp³-hybridized carbons (Fsp3) is 0.333. The highest BCUT2D eigenvalue weighted by molar-refractivity contribution is 9.10. The zero-order valence-corrected chi connectivity index (χ0v) is 12.4. The maximum Gasteiger partial charge on any atom is 0.326 e. The van der Waals surface area contributed by atoms with Gasteiger partial charge in [-0.1, -0.05) is 0 Å². The smallest absolute Gasteiger partial charge is 0.326 e. The van der Waals surface area contributed by atoms with Crippen LogP contribution in [0.3, 0.4) is 0 Å². The number of carboxylic acid groups (broad SMARTS) is 2. The van der Waals surface area contributed by atoms with Gasteiger partial charge in [0, 0.05) is 23.2 Å². The van der Waals surface area contributed by atoms with Crippen molar-refractivity contribution < 1.29 is 24.6 Å². The van der Waals surface area contributed by atoms with Gasteiger partial charge in [0.25, 0.3) is 5.56 Å². The van der Waals surface area contributed by atoms with E-state index in [1.807, 2.05) is 0 Å². The Bertz CT molecular complexity index is 612. The molecule has 0 aromatic carbocycles. The van der Waals surface area contributed by atoms with Crippen molar-refractivity contribution in [2.24, 2.45) is 0 Å². The normalized spacial score (nSPS) is 11.7. The number of rotatable bonds is 7. The molecule has 3 N–H and O–H groups in total. The van der Waals surface area contributed by atoms with Crippen molar-refractivity contribution >= 4 is 33.8 Å². The fourth-order valence-electron chi connectivity index (χ4n) is 1.55. The predicted molar refractivity (Wildman–Crippen MR) is 74.8 cm³/mol. The van der Waals surface area contributed by atoms with Crippen LogP contribution in [0.5, 0.6) is 0 Å². The van der Waals surface area contributed by atoms with Crippen LogP contribution in [0.25, 0.3) is 0 Å². The van der Waals surface area contributed by atoms with Gasteiger partial charge in [-0.15, -0.1) is 0 Å². The Kier molecular flexibility index (Phi) is 6.10. The molecule has 1 rings (SSSR count). The zero-order valence-electron chi connectivity index (χ0n) is 10.8. The molecule has 0 saturated carbocycles. The summed E-state index contributed by atoms with van der Waals surface area (Å²) >= 11 is 3.15. The first-order chi connectivity index (χ1) is 9.79. The lowest BCUT2D eigenvalue weighted by Crippen LogP contribution is -2.43. The van der Waals surface area contributed by atoms with Gasteiger partial charge < -0.3 is 20.1 Å². The Labute approximate surface area is 127 Å². The summed E-state index contributed by atoms with van der Waals surface area (Å²) in [5.74, 6) is -3.17. The van der Waals surface area contributed by atoms with E-state index >= 15 is 0 Å². The second kappa shape index (κ2) is 7.58. The number of hydrogen-bond acceptors (Lipinski definition) is 4. The molecule has 0 aliphatic heterocycles. The molecular formula is C12H13BrN2O6. The van der Waals surface area contributed by atoms with Crippen molar-refractivity contribution in [3.8, 4) is 0 Å². The second-order valence-electron chi connectivity index (χ2n) is 4.20. The minimum atomic E-state index is -1.33. The first-order valence-electron chi connectivity index (χ1n) is 5.89. The molecule has 0 radical (unpaired) electrons. The average molecular weight is 361 g/mol. The summed E-state index contributed by atoms with van der Waals surface area (Å²) in [6.07, 6.45) is 0.785. The van der Waals surface area contributed by atoms with Gasteiger partial charge in [-0.3, -0.25) is 14.4 Å². The number of nitrogens with one attached hydrogen (secondary N) is 1. The van der Waals surface area contributed by atoms with Gasteiger partial charge in [0.1, 0.15) is 12.6 Å². The summed E-state index contributed by atoms with van der Waals surface area (Å²) in [6, 6.07) is 1.47. The number of carboxylic acids is 2. The van der Waals surface area contributed by atoms with E-state index in [2.05, 4.69) is 21.2 Å². The quantitative estimate of drug-likeness (QED) is 0.630. The fourth-order valence-corrected chi connectivity index (χ4v) is 1.92. The molecule has 0 bridgehead atoms. The van der Waals surface area contributed by atoms with E-state index in [9.17, 15) is 19.2 Å². The number of carbonyl (C=O) groups is 3. The zero-order chi connectivity index (χ0) is 16.0. The van der Waals surface area contributed by atoms with Crippen LogP contribution in [-0.2, 0) is 20.9 Å². The highest BCUT2D eigenvalue weighted by Crippen LogP contribution is 2.05.